The van der Waals surface area contributed by atoms with Crippen LogP contribution in [0.1, 0.15) is 19.8 Å². The molecule has 0 fully saturated rings. The van der Waals surface area contributed by atoms with Gasteiger partial charge in [-0.15, -0.1) is 0 Å². The fourth-order valence-electron chi connectivity index (χ4n) is 0.436. The van der Waals surface area contributed by atoms with Crippen LogP contribution < -0.4 is 34.3 Å². The van der Waals surface area contributed by atoms with Crippen molar-refractivity contribution in [3.63, 3.8) is 0 Å². The molecule has 0 radical (unpaired) electrons. The molecular weight excluding hydrogens is 161 g/mol. The van der Waals surface area contributed by atoms with Gasteiger partial charge in [0.05, 0.1) is 5.75 Å². The van der Waals surface area contributed by atoms with Crippen LogP contribution in [0, 0.1) is 0 Å². The molecule has 1 N–H and O–H groups in total. The summed E-state index contributed by atoms with van der Waals surface area (Å²) in [4.78, 5) is 0. The van der Waals surface area contributed by atoms with Gasteiger partial charge in [-0.05, 0) is 13.5 Å². The Morgan fingerprint density at radius 2 is 1.90 bits per heavy atom. The van der Waals surface area contributed by atoms with Crippen LogP contribution in [0.2, 0.25) is 0 Å². The van der Waals surface area contributed by atoms with Gasteiger partial charge in [-0.2, -0.15) is 0 Å². The Labute approximate surface area is 84.9 Å². The van der Waals surface area contributed by atoms with Crippen molar-refractivity contribution >= 4 is 10.0 Å². The Morgan fingerprint density at radius 3 is 2.20 bits per heavy atom. The number of hydrogen-bond acceptors (Lipinski definition) is 2. The minimum absolute atomic E-state index is 0. The predicted octanol–water partition coefficient (Wildman–Crippen LogP) is -2.66. The molecule has 0 amide bonds. The molecule has 0 aliphatic rings. The van der Waals surface area contributed by atoms with Crippen LogP contribution in [-0.4, -0.2) is 21.2 Å². The molecule has 0 atom stereocenters. The quantitative estimate of drug-likeness (QED) is 0.473. The standard InChI is InChI=1S/C5H13NO2S.Na/c1-3-4-5-9(7,8)6-2;/h6H,3-5H2,1-2H3;/q;+1. The summed E-state index contributed by atoms with van der Waals surface area (Å²) in [6, 6.07) is 0. The molecule has 0 aromatic rings. The van der Waals surface area contributed by atoms with E-state index in [0.717, 1.165) is 12.8 Å². The van der Waals surface area contributed by atoms with Crippen molar-refractivity contribution in [2.45, 2.75) is 19.8 Å². The maximum Gasteiger partial charge on any atom is 1.00 e. The van der Waals surface area contributed by atoms with Gasteiger partial charge >= 0.3 is 29.6 Å². The van der Waals surface area contributed by atoms with Crippen LogP contribution in [0.25, 0.3) is 0 Å². The first kappa shape index (κ1) is 13.5. The van der Waals surface area contributed by atoms with Gasteiger partial charge in [0.2, 0.25) is 10.0 Å². The minimum Gasteiger partial charge on any atom is -0.218 e. The maximum atomic E-state index is 10.6. The zero-order valence-corrected chi connectivity index (χ0v) is 9.66. The zero-order valence-electron chi connectivity index (χ0n) is 6.85. The van der Waals surface area contributed by atoms with Crippen molar-refractivity contribution in [2.24, 2.45) is 0 Å². The van der Waals surface area contributed by atoms with E-state index in [1.807, 2.05) is 6.92 Å². The van der Waals surface area contributed by atoms with Crippen LogP contribution >= 0.6 is 0 Å². The van der Waals surface area contributed by atoms with Gasteiger partial charge in [-0.25, -0.2) is 13.1 Å². The first-order valence-electron chi connectivity index (χ1n) is 3.03. The van der Waals surface area contributed by atoms with Gasteiger partial charge in [0, 0.05) is 0 Å². The number of rotatable bonds is 4. The number of unbranched alkanes of at least 4 members (excludes halogenated alkanes) is 1. The van der Waals surface area contributed by atoms with Crippen molar-refractivity contribution in [2.75, 3.05) is 12.8 Å². The molecule has 0 aliphatic heterocycles. The molecule has 0 saturated carbocycles. The largest absolute Gasteiger partial charge is 1.00 e. The van der Waals surface area contributed by atoms with Crippen LogP contribution in [-0.2, 0) is 10.0 Å². The van der Waals surface area contributed by atoms with E-state index in [4.69, 9.17) is 0 Å². The van der Waals surface area contributed by atoms with E-state index in [1.165, 1.54) is 7.05 Å². The first-order valence-corrected chi connectivity index (χ1v) is 4.69. The van der Waals surface area contributed by atoms with E-state index in [-0.39, 0.29) is 35.3 Å². The first-order chi connectivity index (χ1) is 4.12. The van der Waals surface area contributed by atoms with E-state index < -0.39 is 10.0 Å². The van der Waals surface area contributed by atoms with Crippen LogP contribution in [0.15, 0.2) is 0 Å². The molecule has 0 aromatic heterocycles. The van der Waals surface area contributed by atoms with E-state index in [9.17, 15) is 8.42 Å². The molecule has 10 heavy (non-hydrogen) atoms. The van der Waals surface area contributed by atoms with Crippen molar-refractivity contribution in [3.8, 4) is 0 Å². The third-order valence-corrected chi connectivity index (χ3v) is 2.53. The van der Waals surface area contributed by atoms with Gasteiger partial charge in [0.25, 0.3) is 0 Å². The topological polar surface area (TPSA) is 46.2 Å². The minimum atomic E-state index is -2.93. The molecule has 0 aromatic carbocycles. The summed E-state index contributed by atoms with van der Waals surface area (Å²) in [6.07, 6.45) is 1.66. The SMILES string of the molecule is CCCCS(=O)(=O)NC.[Na+]. The number of hydrogen-bond donors (Lipinski definition) is 1. The Kier molecular flexibility index (Phi) is 8.92. The van der Waals surface area contributed by atoms with Gasteiger partial charge in [0.15, 0.2) is 0 Å². The molecule has 0 spiro atoms. The molecule has 0 rings (SSSR count). The van der Waals surface area contributed by atoms with Crippen molar-refractivity contribution < 1.29 is 38.0 Å². The second-order valence-corrected chi connectivity index (χ2v) is 3.92. The molecule has 0 aliphatic carbocycles. The number of sulfonamides is 1. The average molecular weight is 174 g/mol. The Hall–Kier alpha value is 0.910. The van der Waals surface area contributed by atoms with Gasteiger partial charge in [-0.3, -0.25) is 0 Å². The Balaban J connectivity index is 0. The third kappa shape index (κ3) is 7.02. The molecule has 0 unspecified atom stereocenters. The molecule has 0 bridgehead atoms. The molecule has 56 valence electrons. The van der Waals surface area contributed by atoms with Crippen LogP contribution in [0.4, 0.5) is 0 Å². The second kappa shape index (κ2) is 6.61. The summed E-state index contributed by atoms with van der Waals surface area (Å²) >= 11 is 0. The molecule has 0 heterocycles. The summed E-state index contributed by atoms with van der Waals surface area (Å²) in [5, 5.41) is 0. The van der Waals surface area contributed by atoms with Crippen molar-refractivity contribution in [1.29, 1.82) is 0 Å². The van der Waals surface area contributed by atoms with Gasteiger partial charge in [0.1, 0.15) is 0 Å². The summed E-state index contributed by atoms with van der Waals surface area (Å²) < 4.78 is 23.5. The van der Waals surface area contributed by atoms with E-state index in [2.05, 4.69) is 4.72 Å². The third-order valence-electron chi connectivity index (χ3n) is 1.08. The average Bonchev–Trinajstić information content (AvgIpc) is 1.84. The predicted molar refractivity (Wildman–Crippen MR) is 37.8 cm³/mol. The number of nitrogens with one attached hydrogen (secondary N) is 1. The normalized spacial score (nSPS) is 10.6. The zero-order chi connectivity index (χ0) is 7.33. The second-order valence-electron chi connectivity index (χ2n) is 1.88. The summed E-state index contributed by atoms with van der Waals surface area (Å²) in [6.45, 7) is 1.96. The Morgan fingerprint density at radius 1 is 1.40 bits per heavy atom. The van der Waals surface area contributed by atoms with Gasteiger partial charge < -0.3 is 0 Å². The summed E-state index contributed by atoms with van der Waals surface area (Å²) in [5.74, 6) is 0.250. The van der Waals surface area contributed by atoms with Crippen LogP contribution in [0.5, 0.6) is 0 Å². The van der Waals surface area contributed by atoms with Crippen molar-refractivity contribution in [1.82, 2.24) is 4.72 Å². The fourth-order valence-corrected chi connectivity index (χ4v) is 1.31. The summed E-state index contributed by atoms with van der Waals surface area (Å²) in [5.41, 5.74) is 0. The fraction of sp³-hybridized carbons (Fsp3) is 1.00. The summed E-state index contributed by atoms with van der Waals surface area (Å²) in [7, 11) is -1.50. The maximum absolute atomic E-state index is 10.6. The molecule has 3 nitrogen and oxygen atoms in total. The molecular formula is C5H13NNaO2S+. The smallest absolute Gasteiger partial charge is 0.218 e. The van der Waals surface area contributed by atoms with Gasteiger partial charge in [-0.1, -0.05) is 13.3 Å². The van der Waals surface area contributed by atoms with E-state index >= 15 is 0 Å². The monoisotopic (exact) mass is 174 g/mol. The van der Waals surface area contributed by atoms with E-state index in [0.29, 0.717) is 0 Å². The van der Waals surface area contributed by atoms with E-state index in [1.54, 1.807) is 0 Å². The van der Waals surface area contributed by atoms with Crippen LogP contribution in [0.3, 0.4) is 0 Å². The molecule has 0 saturated heterocycles. The molecule has 5 heteroatoms. The van der Waals surface area contributed by atoms with Crippen molar-refractivity contribution in [3.05, 3.63) is 0 Å². The Bertz CT molecular complexity index is 155.